The molecule has 15 heteroatoms. The van der Waals surface area contributed by atoms with Gasteiger partial charge in [-0.15, -0.1) is 5.06 Å². The number of ether oxygens (including phenoxy) is 2. The summed E-state index contributed by atoms with van der Waals surface area (Å²) in [6, 6.07) is 0.254. The summed E-state index contributed by atoms with van der Waals surface area (Å²) >= 11 is 0. The topological polar surface area (TPSA) is 137 Å². The Hall–Kier alpha value is -3.88. The number of halogens is 4. The van der Waals surface area contributed by atoms with Gasteiger partial charge in [-0.3, -0.25) is 28.9 Å². The quantitative estimate of drug-likeness (QED) is 0.128. The molecule has 3 rings (SSSR count). The van der Waals surface area contributed by atoms with Crippen LogP contribution in [-0.2, 0) is 38.3 Å². The Morgan fingerprint density at radius 2 is 1.20 bits per heavy atom. The minimum Gasteiger partial charge on any atom is -0.420 e. The fourth-order valence-electron chi connectivity index (χ4n) is 2.66. The highest BCUT2D eigenvalue weighted by Gasteiger charge is 2.33. The maximum atomic E-state index is 13.0. The van der Waals surface area contributed by atoms with Crippen molar-refractivity contribution in [1.82, 2.24) is 9.96 Å². The summed E-state index contributed by atoms with van der Waals surface area (Å²) in [6.45, 7) is 10.4. The summed E-state index contributed by atoms with van der Waals surface area (Å²) in [5.74, 6) is -12.4. The lowest BCUT2D eigenvalue weighted by Crippen LogP contribution is -2.46. The zero-order chi connectivity index (χ0) is 30.9. The molecule has 1 aromatic carbocycles. The van der Waals surface area contributed by atoms with E-state index in [-0.39, 0.29) is 44.0 Å². The van der Waals surface area contributed by atoms with Gasteiger partial charge in [-0.05, 0) is 13.8 Å². The lowest BCUT2D eigenvalue weighted by molar-refractivity contribution is -0.199. The predicted molar refractivity (Wildman–Crippen MR) is 127 cm³/mol. The lowest BCUT2D eigenvalue weighted by atomic mass is 10.2. The minimum absolute atomic E-state index is 0.0391. The van der Waals surface area contributed by atoms with Crippen LogP contribution in [0.4, 0.5) is 17.6 Å². The number of rotatable bonds is 5. The highest BCUT2D eigenvalue weighted by Crippen LogP contribution is 2.27. The van der Waals surface area contributed by atoms with Crippen LogP contribution >= 0.6 is 0 Å². The molecule has 222 valence electrons. The van der Waals surface area contributed by atoms with Gasteiger partial charge in [0.2, 0.25) is 17.4 Å². The Morgan fingerprint density at radius 1 is 0.775 bits per heavy atom. The predicted octanol–water partition coefficient (Wildman–Crippen LogP) is 2.83. The third kappa shape index (κ3) is 10.0. The Labute approximate surface area is 227 Å². The summed E-state index contributed by atoms with van der Waals surface area (Å²) in [4.78, 5) is 71.8. The van der Waals surface area contributed by atoms with E-state index in [4.69, 9.17) is 0 Å². The Balaban J connectivity index is 0.000000305. The van der Waals surface area contributed by atoms with Gasteiger partial charge < -0.3 is 14.3 Å². The highest BCUT2D eigenvalue weighted by atomic mass is 19.2. The molecule has 40 heavy (non-hydrogen) atoms. The molecule has 2 heterocycles. The molecule has 0 saturated carbocycles. The van der Waals surface area contributed by atoms with Crippen molar-refractivity contribution >= 4 is 35.7 Å². The van der Waals surface area contributed by atoms with E-state index < -0.39 is 70.6 Å². The second-order valence-corrected chi connectivity index (χ2v) is 9.36. The van der Waals surface area contributed by atoms with Crippen LogP contribution in [0, 0.1) is 35.1 Å². The number of carbonyl (C=O) groups is 6. The molecule has 1 aromatic rings. The first kappa shape index (κ1) is 34.1. The first-order valence-electron chi connectivity index (χ1n) is 12.1. The van der Waals surface area contributed by atoms with E-state index in [0.717, 1.165) is 0 Å². The molecule has 2 aliphatic heterocycles. The van der Waals surface area contributed by atoms with Crippen LogP contribution in [0.5, 0.6) is 5.75 Å². The van der Waals surface area contributed by atoms with Crippen molar-refractivity contribution in [2.45, 2.75) is 60.4 Å². The van der Waals surface area contributed by atoms with Crippen molar-refractivity contribution in [3.63, 3.8) is 0 Å². The van der Waals surface area contributed by atoms with Crippen LogP contribution in [0.1, 0.15) is 54.4 Å². The molecule has 0 aromatic heterocycles. The summed E-state index contributed by atoms with van der Waals surface area (Å²) in [6.07, 6.45) is 0.258. The number of carbonyl (C=O) groups excluding carboxylic acids is 6. The maximum Gasteiger partial charge on any atom is 0.335 e. The van der Waals surface area contributed by atoms with Crippen LogP contribution in [-0.4, -0.2) is 64.8 Å². The normalized spacial score (nSPS) is 15.5. The number of imide groups is 1. The number of esters is 3. The zero-order valence-electron chi connectivity index (χ0n) is 22.7. The maximum absolute atomic E-state index is 13.0. The average molecular weight is 579 g/mol. The number of nitrogens with zero attached hydrogens (tertiary/aromatic N) is 2. The van der Waals surface area contributed by atoms with Crippen LogP contribution in [0.3, 0.4) is 0 Å². The number of hydrogen-bond acceptors (Lipinski definition) is 10. The Bertz CT molecular complexity index is 1100. The van der Waals surface area contributed by atoms with E-state index >= 15 is 0 Å². The molecule has 2 saturated heterocycles. The number of hydrogen-bond donors (Lipinski definition) is 0. The largest absolute Gasteiger partial charge is 0.420 e. The van der Waals surface area contributed by atoms with Crippen molar-refractivity contribution in [2.24, 2.45) is 11.8 Å². The van der Waals surface area contributed by atoms with E-state index in [1.165, 1.54) is 13.8 Å². The van der Waals surface area contributed by atoms with E-state index in [1.807, 2.05) is 13.8 Å². The standard InChI is InChI=1S/C10H8F4O2.C8H11NO4.C7H11NO3/c1-4(2)10(15)16-9-7(13)5(11)3-6(12)8(9)14;1-5(2)8(12)13-9-6(10)3-4-7(9)11;1-5(2)8-3-6(9)11-7(10)4-8/h3-4H,1-2H3;5H,3-4H2,1-2H3;5H,3-4H2,1-2H3. The molecule has 2 fully saturated rings. The van der Waals surface area contributed by atoms with Gasteiger partial charge in [0.05, 0.1) is 24.9 Å². The van der Waals surface area contributed by atoms with Crippen LogP contribution < -0.4 is 4.74 Å². The third-order valence-corrected chi connectivity index (χ3v) is 5.03. The van der Waals surface area contributed by atoms with E-state index in [1.54, 1.807) is 18.7 Å². The van der Waals surface area contributed by atoms with E-state index in [0.29, 0.717) is 5.06 Å². The van der Waals surface area contributed by atoms with Gasteiger partial charge in [-0.1, -0.05) is 27.7 Å². The first-order chi connectivity index (χ1) is 18.5. The minimum atomic E-state index is -1.73. The third-order valence-electron chi connectivity index (χ3n) is 5.03. The van der Waals surface area contributed by atoms with E-state index in [9.17, 15) is 46.3 Å². The van der Waals surface area contributed by atoms with Gasteiger partial charge in [-0.25, -0.2) is 13.6 Å². The van der Waals surface area contributed by atoms with E-state index in [2.05, 4.69) is 14.3 Å². The molecule has 0 unspecified atom stereocenters. The van der Waals surface area contributed by atoms with Gasteiger partial charge in [-0.2, -0.15) is 8.78 Å². The fourth-order valence-corrected chi connectivity index (χ4v) is 2.66. The Morgan fingerprint density at radius 3 is 1.57 bits per heavy atom. The molecule has 2 aliphatic rings. The smallest absolute Gasteiger partial charge is 0.335 e. The van der Waals surface area contributed by atoms with Crippen molar-refractivity contribution in [2.75, 3.05) is 13.1 Å². The van der Waals surface area contributed by atoms with Crippen LogP contribution in [0.25, 0.3) is 0 Å². The van der Waals surface area contributed by atoms with Crippen molar-refractivity contribution in [3.05, 3.63) is 29.3 Å². The van der Waals surface area contributed by atoms with Crippen LogP contribution in [0.15, 0.2) is 6.07 Å². The summed E-state index contributed by atoms with van der Waals surface area (Å²) in [7, 11) is 0. The SMILES string of the molecule is CC(C)C(=O)ON1C(=O)CCC1=O.CC(C)C(=O)Oc1c(F)c(F)cc(F)c1F.CC(C)N1CC(=O)OC(=O)C1. The molecule has 11 nitrogen and oxygen atoms in total. The second kappa shape index (κ2) is 15.1. The number of benzene rings is 1. The molecule has 0 spiro atoms. The average Bonchev–Trinajstić information content (AvgIpc) is 3.17. The highest BCUT2D eigenvalue weighted by molar-refractivity contribution is 6.01. The van der Waals surface area contributed by atoms with Gasteiger partial charge in [0.15, 0.2) is 11.6 Å². The van der Waals surface area contributed by atoms with Crippen LogP contribution in [0.2, 0.25) is 0 Å². The zero-order valence-corrected chi connectivity index (χ0v) is 22.7. The number of morpholine rings is 1. The molecular weight excluding hydrogens is 548 g/mol. The summed E-state index contributed by atoms with van der Waals surface area (Å²) in [5, 5.41) is 0.558. The first-order valence-corrected chi connectivity index (χ1v) is 12.1. The Kier molecular flexibility index (Phi) is 12.8. The summed E-state index contributed by atoms with van der Waals surface area (Å²) in [5.41, 5.74) is 0. The number of hydroxylamine groups is 2. The lowest BCUT2D eigenvalue weighted by Gasteiger charge is -2.27. The van der Waals surface area contributed by atoms with Gasteiger partial charge in [0.1, 0.15) is 0 Å². The molecular formula is C25H30F4N2O9. The molecule has 0 bridgehead atoms. The molecule has 0 aliphatic carbocycles. The van der Waals surface area contributed by atoms with Crippen molar-refractivity contribution in [1.29, 1.82) is 0 Å². The van der Waals surface area contributed by atoms with Gasteiger partial charge in [0.25, 0.3) is 11.8 Å². The second-order valence-electron chi connectivity index (χ2n) is 9.36. The molecule has 2 amide bonds. The summed E-state index contributed by atoms with van der Waals surface area (Å²) < 4.78 is 60.0. The van der Waals surface area contributed by atoms with Crippen molar-refractivity contribution < 1.29 is 60.6 Å². The molecule has 0 atom stereocenters. The van der Waals surface area contributed by atoms with Crippen molar-refractivity contribution in [3.8, 4) is 5.75 Å². The molecule has 0 N–H and O–H groups in total. The number of amides is 2. The molecule has 0 radical (unpaired) electrons. The fraction of sp³-hybridized carbons (Fsp3) is 0.520. The number of cyclic esters (lactones) is 2. The monoisotopic (exact) mass is 578 g/mol. The van der Waals surface area contributed by atoms with Gasteiger partial charge in [0, 0.05) is 24.9 Å². The van der Waals surface area contributed by atoms with Gasteiger partial charge >= 0.3 is 23.9 Å².